The summed E-state index contributed by atoms with van der Waals surface area (Å²) < 4.78 is 15.7. The van der Waals surface area contributed by atoms with Crippen LogP contribution in [0.25, 0.3) is 11.0 Å². The second-order valence-electron chi connectivity index (χ2n) is 5.57. The summed E-state index contributed by atoms with van der Waals surface area (Å²) in [6.07, 6.45) is 0. The van der Waals surface area contributed by atoms with Crippen LogP contribution in [0.3, 0.4) is 0 Å². The molecular formula is C19H16N2O6. The Hall–Kier alpha value is -3.81. The number of rotatable bonds is 7. The highest BCUT2D eigenvalue weighted by Crippen LogP contribution is 2.20. The number of fused-ring (bicyclic) bond motifs is 1. The number of nitrogens with two attached hydrogens (primary N) is 1. The van der Waals surface area contributed by atoms with Crippen molar-refractivity contribution in [2.24, 2.45) is 5.73 Å². The van der Waals surface area contributed by atoms with Gasteiger partial charge in [-0.25, -0.2) is 4.79 Å². The van der Waals surface area contributed by atoms with Crippen molar-refractivity contribution >= 4 is 28.5 Å². The van der Waals surface area contributed by atoms with Crippen molar-refractivity contribution in [2.45, 2.75) is 0 Å². The molecule has 0 unspecified atom stereocenters. The minimum atomic E-state index is -0.593. The molecule has 0 aliphatic heterocycles. The van der Waals surface area contributed by atoms with Crippen molar-refractivity contribution < 1.29 is 23.5 Å². The van der Waals surface area contributed by atoms with Crippen LogP contribution in [0, 0.1) is 0 Å². The average Bonchev–Trinajstić information content (AvgIpc) is 2.64. The number of hydrogen-bond acceptors (Lipinski definition) is 6. The zero-order valence-corrected chi connectivity index (χ0v) is 14.1. The van der Waals surface area contributed by atoms with Crippen molar-refractivity contribution in [1.82, 2.24) is 0 Å². The lowest BCUT2D eigenvalue weighted by Crippen LogP contribution is -2.21. The molecule has 1 heterocycles. The van der Waals surface area contributed by atoms with E-state index in [4.69, 9.17) is 19.6 Å². The Kier molecular flexibility index (Phi) is 5.36. The number of anilines is 1. The molecule has 3 aromatic rings. The molecule has 0 atom stereocenters. The van der Waals surface area contributed by atoms with E-state index < -0.39 is 17.4 Å². The van der Waals surface area contributed by atoms with Gasteiger partial charge in [0.25, 0.3) is 11.8 Å². The molecule has 1 aromatic heterocycles. The highest BCUT2D eigenvalue weighted by Gasteiger charge is 2.07. The summed E-state index contributed by atoms with van der Waals surface area (Å²) in [5.41, 5.74) is 5.42. The Morgan fingerprint density at radius 3 is 2.52 bits per heavy atom. The van der Waals surface area contributed by atoms with Gasteiger partial charge in [0.2, 0.25) is 0 Å². The Balaban J connectivity index is 1.59. The summed E-state index contributed by atoms with van der Waals surface area (Å²) in [5, 5.41) is 3.40. The highest BCUT2D eigenvalue weighted by molar-refractivity contribution is 5.92. The van der Waals surface area contributed by atoms with E-state index in [2.05, 4.69) is 5.32 Å². The molecular weight excluding hydrogens is 352 g/mol. The van der Waals surface area contributed by atoms with E-state index in [-0.39, 0.29) is 13.2 Å². The third-order valence-electron chi connectivity index (χ3n) is 3.46. The fraction of sp³-hybridized carbons (Fsp3) is 0.105. The zero-order valence-electron chi connectivity index (χ0n) is 14.1. The van der Waals surface area contributed by atoms with Crippen molar-refractivity contribution in [1.29, 1.82) is 0 Å². The molecule has 0 bridgehead atoms. The van der Waals surface area contributed by atoms with Gasteiger partial charge in [-0.3, -0.25) is 9.59 Å². The van der Waals surface area contributed by atoms with Crippen molar-refractivity contribution in [2.75, 3.05) is 18.5 Å². The maximum Gasteiger partial charge on any atom is 0.336 e. The standard InChI is InChI=1S/C19H16N2O6/c20-17(22)10-25-14-3-1-2-13(8-14)21-18(23)11-26-15-6-4-12-5-7-19(24)27-16(12)9-15/h1-9H,10-11H2,(H2,20,22)(H,21,23). The number of hydrogen-bond donors (Lipinski definition) is 2. The quantitative estimate of drug-likeness (QED) is 0.612. The minimum Gasteiger partial charge on any atom is -0.484 e. The first-order chi connectivity index (χ1) is 13.0. The largest absolute Gasteiger partial charge is 0.484 e. The number of amides is 2. The van der Waals surface area contributed by atoms with Crippen molar-refractivity contribution in [3.63, 3.8) is 0 Å². The number of carbonyl (C=O) groups is 2. The lowest BCUT2D eigenvalue weighted by Gasteiger charge is -2.09. The number of primary amides is 1. The minimum absolute atomic E-state index is 0.241. The molecule has 0 saturated carbocycles. The number of carbonyl (C=O) groups excluding carboxylic acids is 2. The molecule has 0 aliphatic rings. The third-order valence-corrected chi connectivity index (χ3v) is 3.46. The van der Waals surface area contributed by atoms with Crippen LogP contribution in [0.15, 0.2) is 63.8 Å². The van der Waals surface area contributed by atoms with Gasteiger partial charge in [-0.15, -0.1) is 0 Å². The van der Waals surface area contributed by atoms with Crippen LogP contribution in [0.1, 0.15) is 0 Å². The molecule has 27 heavy (non-hydrogen) atoms. The third kappa shape index (κ3) is 5.08. The monoisotopic (exact) mass is 368 g/mol. The Morgan fingerprint density at radius 1 is 0.963 bits per heavy atom. The van der Waals surface area contributed by atoms with Gasteiger partial charge in [0.1, 0.15) is 17.1 Å². The Bertz CT molecular complexity index is 1040. The highest BCUT2D eigenvalue weighted by atomic mass is 16.5. The topological polar surface area (TPSA) is 121 Å². The van der Waals surface area contributed by atoms with E-state index >= 15 is 0 Å². The van der Waals surface area contributed by atoms with Gasteiger partial charge in [0.15, 0.2) is 13.2 Å². The number of benzene rings is 2. The molecule has 138 valence electrons. The molecule has 3 rings (SSSR count). The van der Waals surface area contributed by atoms with Crippen LogP contribution >= 0.6 is 0 Å². The maximum atomic E-state index is 12.1. The molecule has 0 radical (unpaired) electrons. The number of nitrogens with one attached hydrogen (secondary N) is 1. The van der Waals surface area contributed by atoms with E-state index in [0.717, 1.165) is 5.39 Å². The first kappa shape index (κ1) is 18.0. The van der Waals surface area contributed by atoms with Gasteiger partial charge in [-0.1, -0.05) is 6.07 Å². The van der Waals surface area contributed by atoms with Crippen LogP contribution in [-0.2, 0) is 9.59 Å². The molecule has 8 nitrogen and oxygen atoms in total. The van der Waals surface area contributed by atoms with E-state index in [1.54, 1.807) is 48.5 Å². The molecule has 0 fully saturated rings. The average molecular weight is 368 g/mol. The first-order valence-corrected chi connectivity index (χ1v) is 7.97. The van der Waals surface area contributed by atoms with Gasteiger partial charge < -0.3 is 24.9 Å². The van der Waals surface area contributed by atoms with Gasteiger partial charge >= 0.3 is 5.63 Å². The normalized spacial score (nSPS) is 10.4. The van der Waals surface area contributed by atoms with E-state index in [1.165, 1.54) is 6.07 Å². The van der Waals surface area contributed by atoms with Crippen LogP contribution in [0.5, 0.6) is 11.5 Å². The van der Waals surface area contributed by atoms with Crippen LogP contribution in [0.2, 0.25) is 0 Å². The van der Waals surface area contributed by atoms with Crippen LogP contribution < -0.4 is 26.1 Å². The van der Waals surface area contributed by atoms with Crippen molar-refractivity contribution in [3.05, 3.63) is 65.0 Å². The summed E-state index contributed by atoms with van der Waals surface area (Å²) in [6, 6.07) is 14.4. The van der Waals surface area contributed by atoms with E-state index in [9.17, 15) is 14.4 Å². The molecule has 0 aliphatic carbocycles. The zero-order chi connectivity index (χ0) is 19.2. The fourth-order valence-electron chi connectivity index (χ4n) is 2.29. The van der Waals surface area contributed by atoms with Gasteiger partial charge in [-0.2, -0.15) is 0 Å². The molecule has 0 saturated heterocycles. The number of ether oxygens (including phenoxy) is 2. The van der Waals surface area contributed by atoms with Gasteiger partial charge in [0, 0.05) is 29.3 Å². The molecule has 3 N–H and O–H groups in total. The van der Waals surface area contributed by atoms with Crippen LogP contribution in [-0.4, -0.2) is 25.0 Å². The predicted octanol–water partition coefficient (Wildman–Crippen LogP) is 1.67. The summed E-state index contributed by atoms with van der Waals surface area (Å²) in [7, 11) is 0. The van der Waals surface area contributed by atoms with Crippen LogP contribution in [0.4, 0.5) is 5.69 Å². The maximum absolute atomic E-state index is 12.1. The van der Waals surface area contributed by atoms with Crippen molar-refractivity contribution in [3.8, 4) is 11.5 Å². The molecule has 2 aromatic carbocycles. The molecule has 2 amide bonds. The first-order valence-electron chi connectivity index (χ1n) is 7.97. The smallest absolute Gasteiger partial charge is 0.336 e. The lowest BCUT2D eigenvalue weighted by atomic mass is 10.2. The summed E-state index contributed by atoms with van der Waals surface area (Å²) in [6.45, 7) is -0.493. The fourth-order valence-corrected chi connectivity index (χ4v) is 2.29. The van der Waals surface area contributed by atoms with E-state index in [1.807, 2.05) is 0 Å². The SMILES string of the molecule is NC(=O)COc1cccc(NC(=O)COc2ccc3ccc(=O)oc3c2)c1. The second-order valence-corrected chi connectivity index (χ2v) is 5.57. The Morgan fingerprint density at radius 2 is 1.70 bits per heavy atom. The molecule has 0 spiro atoms. The summed E-state index contributed by atoms with van der Waals surface area (Å²) >= 11 is 0. The predicted molar refractivity (Wildman–Crippen MR) is 97.7 cm³/mol. The van der Waals surface area contributed by atoms with E-state index in [0.29, 0.717) is 22.8 Å². The van der Waals surface area contributed by atoms with Gasteiger partial charge in [0.05, 0.1) is 0 Å². The second kappa shape index (κ2) is 8.05. The lowest BCUT2D eigenvalue weighted by molar-refractivity contribution is -0.120. The molecule has 8 heteroatoms. The Labute approximate surface area is 153 Å². The summed E-state index contributed by atoms with van der Waals surface area (Å²) in [4.78, 5) is 34.1. The summed E-state index contributed by atoms with van der Waals surface area (Å²) in [5.74, 6) is -0.191. The van der Waals surface area contributed by atoms with Gasteiger partial charge in [-0.05, 0) is 30.3 Å².